The number of rotatable bonds is 5. The zero-order valence-corrected chi connectivity index (χ0v) is 12.7. The molecule has 0 aliphatic heterocycles. The lowest BCUT2D eigenvalue weighted by atomic mass is 9.89. The van der Waals surface area contributed by atoms with Crippen LogP contribution in [0.4, 0.5) is 0 Å². The van der Waals surface area contributed by atoms with Crippen LogP contribution in [0.3, 0.4) is 0 Å². The topological polar surface area (TPSA) is 12.0 Å². The second kappa shape index (κ2) is 6.74. The predicted octanol–water partition coefficient (Wildman–Crippen LogP) is 3.86. The van der Waals surface area contributed by atoms with Gasteiger partial charge in [0.15, 0.2) is 0 Å². The molecule has 0 spiro atoms. The zero-order valence-electron chi connectivity index (χ0n) is 10.6. The Labute approximate surface area is 119 Å². The molecular formula is C15H22IN. The van der Waals surface area contributed by atoms with Crippen molar-refractivity contribution in [3.05, 3.63) is 33.4 Å². The molecule has 0 heterocycles. The minimum atomic E-state index is 0.897. The van der Waals surface area contributed by atoms with E-state index in [0.29, 0.717) is 0 Å². The van der Waals surface area contributed by atoms with E-state index in [1.54, 1.807) is 0 Å². The van der Waals surface area contributed by atoms with E-state index in [9.17, 15) is 0 Å². The van der Waals surface area contributed by atoms with E-state index in [2.05, 4.69) is 59.1 Å². The molecule has 17 heavy (non-hydrogen) atoms. The third-order valence-electron chi connectivity index (χ3n) is 3.88. The lowest BCUT2D eigenvalue weighted by Gasteiger charge is -2.20. The minimum Gasteiger partial charge on any atom is -0.317 e. The largest absolute Gasteiger partial charge is 0.317 e. The van der Waals surface area contributed by atoms with E-state index in [1.165, 1.54) is 41.4 Å². The monoisotopic (exact) mass is 343 g/mol. The van der Waals surface area contributed by atoms with Crippen molar-refractivity contribution in [1.29, 1.82) is 0 Å². The van der Waals surface area contributed by atoms with Crippen molar-refractivity contribution < 1.29 is 0 Å². The second-order valence-electron chi connectivity index (χ2n) is 5.09. The summed E-state index contributed by atoms with van der Waals surface area (Å²) in [5, 5.41) is 3.51. The normalized spacial score (nSPS) is 24.1. The molecule has 0 bridgehead atoms. The molecule has 2 rings (SSSR count). The summed E-state index contributed by atoms with van der Waals surface area (Å²) in [6.45, 7) is 4.52. The van der Waals surface area contributed by atoms with Crippen LogP contribution in [-0.2, 0) is 6.42 Å². The van der Waals surface area contributed by atoms with E-state index in [-0.39, 0.29) is 0 Å². The average molecular weight is 343 g/mol. The summed E-state index contributed by atoms with van der Waals surface area (Å²) in [5.41, 5.74) is 1.51. The Morgan fingerprint density at radius 3 is 2.59 bits per heavy atom. The molecule has 1 nitrogen and oxygen atoms in total. The van der Waals surface area contributed by atoms with Gasteiger partial charge in [0.2, 0.25) is 0 Å². The summed E-state index contributed by atoms with van der Waals surface area (Å²) < 4.78 is 1.34. The first-order valence-electron chi connectivity index (χ1n) is 6.74. The molecule has 1 saturated carbocycles. The van der Waals surface area contributed by atoms with Gasteiger partial charge in [0, 0.05) is 3.57 Å². The van der Waals surface area contributed by atoms with Crippen LogP contribution in [0.5, 0.6) is 0 Å². The highest BCUT2D eigenvalue weighted by atomic mass is 127. The molecule has 1 aromatic carbocycles. The summed E-state index contributed by atoms with van der Waals surface area (Å²) in [7, 11) is 0. The van der Waals surface area contributed by atoms with Crippen molar-refractivity contribution in [3.8, 4) is 0 Å². The van der Waals surface area contributed by atoms with Crippen molar-refractivity contribution >= 4 is 22.6 Å². The maximum absolute atomic E-state index is 3.51. The third kappa shape index (κ3) is 3.95. The van der Waals surface area contributed by atoms with Gasteiger partial charge in [-0.2, -0.15) is 0 Å². The maximum Gasteiger partial charge on any atom is 0.0130 e. The first-order valence-corrected chi connectivity index (χ1v) is 7.82. The van der Waals surface area contributed by atoms with Crippen LogP contribution < -0.4 is 5.32 Å². The fourth-order valence-electron chi connectivity index (χ4n) is 2.90. The molecule has 0 saturated heterocycles. The molecular weight excluding hydrogens is 321 g/mol. The van der Waals surface area contributed by atoms with Crippen molar-refractivity contribution in [2.24, 2.45) is 11.8 Å². The van der Waals surface area contributed by atoms with Gasteiger partial charge in [-0.25, -0.2) is 0 Å². The Kier molecular flexibility index (Phi) is 5.29. The molecule has 1 aliphatic rings. The number of nitrogens with one attached hydrogen (secondary N) is 1. The summed E-state index contributed by atoms with van der Waals surface area (Å²) in [6, 6.07) is 9.04. The molecule has 2 heteroatoms. The van der Waals surface area contributed by atoms with Gasteiger partial charge >= 0.3 is 0 Å². The Hall–Kier alpha value is -0.0900. The molecule has 1 N–H and O–H groups in total. The summed E-state index contributed by atoms with van der Waals surface area (Å²) >= 11 is 2.37. The molecule has 1 fully saturated rings. The predicted molar refractivity (Wildman–Crippen MR) is 82.2 cm³/mol. The highest BCUT2D eigenvalue weighted by Crippen LogP contribution is 2.33. The lowest BCUT2D eigenvalue weighted by molar-refractivity contribution is 0.368. The minimum absolute atomic E-state index is 0.897. The fourth-order valence-corrected chi connectivity index (χ4v) is 3.26. The van der Waals surface area contributed by atoms with Crippen LogP contribution >= 0.6 is 22.6 Å². The van der Waals surface area contributed by atoms with E-state index in [1.807, 2.05) is 0 Å². The van der Waals surface area contributed by atoms with E-state index >= 15 is 0 Å². The van der Waals surface area contributed by atoms with Crippen molar-refractivity contribution in [1.82, 2.24) is 5.32 Å². The average Bonchev–Trinajstić information content (AvgIpc) is 2.77. The van der Waals surface area contributed by atoms with Gasteiger partial charge < -0.3 is 5.32 Å². The van der Waals surface area contributed by atoms with Gasteiger partial charge in [-0.1, -0.05) is 25.5 Å². The SMILES string of the molecule is CCNCC1CCCC1Cc1ccc(I)cc1. The van der Waals surface area contributed by atoms with Crippen LogP contribution in [0, 0.1) is 15.4 Å². The highest BCUT2D eigenvalue weighted by molar-refractivity contribution is 14.1. The van der Waals surface area contributed by atoms with Crippen LogP contribution in [0.1, 0.15) is 31.7 Å². The number of hydrogen-bond acceptors (Lipinski definition) is 1. The number of benzene rings is 1. The molecule has 0 amide bonds. The van der Waals surface area contributed by atoms with Crippen LogP contribution in [0.25, 0.3) is 0 Å². The Morgan fingerprint density at radius 2 is 1.88 bits per heavy atom. The van der Waals surface area contributed by atoms with Gasteiger partial charge in [-0.3, -0.25) is 0 Å². The smallest absolute Gasteiger partial charge is 0.0130 e. The Morgan fingerprint density at radius 1 is 1.18 bits per heavy atom. The van der Waals surface area contributed by atoms with E-state index in [4.69, 9.17) is 0 Å². The standard InChI is InChI=1S/C15H22IN/c1-2-17-11-14-5-3-4-13(14)10-12-6-8-15(16)9-7-12/h6-9,13-14,17H,2-5,10-11H2,1H3. The number of halogens is 1. The van der Waals surface area contributed by atoms with Crippen molar-refractivity contribution in [2.45, 2.75) is 32.6 Å². The Balaban J connectivity index is 1.90. The summed E-state index contributed by atoms with van der Waals surface area (Å²) in [5.74, 6) is 1.79. The first-order chi connectivity index (χ1) is 8.29. The molecule has 1 aliphatic carbocycles. The molecule has 94 valence electrons. The molecule has 0 aromatic heterocycles. The molecule has 1 aromatic rings. The van der Waals surface area contributed by atoms with Crippen LogP contribution in [-0.4, -0.2) is 13.1 Å². The van der Waals surface area contributed by atoms with Gasteiger partial charge in [0.05, 0.1) is 0 Å². The second-order valence-corrected chi connectivity index (χ2v) is 6.33. The fraction of sp³-hybridized carbons (Fsp3) is 0.600. The van der Waals surface area contributed by atoms with Gasteiger partial charge in [0.1, 0.15) is 0 Å². The molecule has 2 atom stereocenters. The Bertz CT molecular complexity index is 333. The van der Waals surface area contributed by atoms with Crippen molar-refractivity contribution in [3.63, 3.8) is 0 Å². The van der Waals surface area contributed by atoms with Gasteiger partial charge in [-0.15, -0.1) is 0 Å². The zero-order chi connectivity index (χ0) is 12.1. The molecule has 0 radical (unpaired) electrons. The van der Waals surface area contributed by atoms with Crippen LogP contribution in [0.15, 0.2) is 24.3 Å². The van der Waals surface area contributed by atoms with E-state index < -0.39 is 0 Å². The quantitative estimate of drug-likeness (QED) is 0.801. The first kappa shape index (κ1) is 13.3. The lowest BCUT2D eigenvalue weighted by Crippen LogP contribution is -2.25. The summed E-state index contributed by atoms with van der Waals surface area (Å²) in [6.07, 6.45) is 5.53. The summed E-state index contributed by atoms with van der Waals surface area (Å²) in [4.78, 5) is 0. The van der Waals surface area contributed by atoms with E-state index in [0.717, 1.165) is 18.4 Å². The highest BCUT2D eigenvalue weighted by Gasteiger charge is 2.26. The van der Waals surface area contributed by atoms with Gasteiger partial charge in [-0.05, 0) is 84.5 Å². The van der Waals surface area contributed by atoms with Crippen molar-refractivity contribution in [2.75, 3.05) is 13.1 Å². The molecule has 2 unspecified atom stereocenters. The van der Waals surface area contributed by atoms with Crippen LogP contribution in [0.2, 0.25) is 0 Å². The van der Waals surface area contributed by atoms with Gasteiger partial charge in [0.25, 0.3) is 0 Å². The third-order valence-corrected chi connectivity index (χ3v) is 4.60. The number of hydrogen-bond donors (Lipinski definition) is 1. The maximum atomic E-state index is 3.51.